The number of anilines is 1. The lowest BCUT2D eigenvalue weighted by molar-refractivity contribution is -0.119. The lowest BCUT2D eigenvalue weighted by Crippen LogP contribution is -2.40. The van der Waals surface area contributed by atoms with Crippen molar-refractivity contribution in [3.05, 3.63) is 50.9 Å². The van der Waals surface area contributed by atoms with Crippen molar-refractivity contribution in [3.8, 4) is 0 Å². The predicted molar refractivity (Wildman–Crippen MR) is 106 cm³/mol. The van der Waals surface area contributed by atoms with Crippen molar-refractivity contribution < 1.29 is 14.4 Å². The molecule has 3 N–H and O–H groups in total. The van der Waals surface area contributed by atoms with Crippen molar-refractivity contribution in [1.82, 2.24) is 10.9 Å². The van der Waals surface area contributed by atoms with Gasteiger partial charge in [-0.05, 0) is 49.4 Å². The van der Waals surface area contributed by atoms with Gasteiger partial charge in [0.05, 0.1) is 5.56 Å². The van der Waals surface area contributed by atoms with Gasteiger partial charge in [0, 0.05) is 22.4 Å². The summed E-state index contributed by atoms with van der Waals surface area (Å²) in [5, 5.41) is 3.81. The fourth-order valence-electron chi connectivity index (χ4n) is 3.08. The van der Waals surface area contributed by atoms with Gasteiger partial charge in [-0.1, -0.05) is 24.1 Å². The number of benzene rings is 1. The summed E-state index contributed by atoms with van der Waals surface area (Å²) in [5.41, 5.74) is 6.53. The molecule has 8 heteroatoms. The second kappa shape index (κ2) is 8.54. The summed E-state index contributed by atoms with van der Waals surface area (Å²) in [7, 11) is 0. The molecule has 0 saturated carbocycles. The first kappa shape index (κ1) is 19.4. The zero-order valence-electron chi connectivity index (χ0n) is 14.9. The molecular formula is C19H20ClN3O3S. The van der Waals surface area contributed by atoms with Gasteiger partial charge in [-0.2, -0.15) is 0 Å². The maximum absolute atomic E-state index is 12.7. The molecule has 0 radical (unpaired) electrons. The van der Waals surface area contributed by atoms with Crippen LogP contribution in [-0.4, -0.2) is 17.7 Å². The molecule has 6 nitrogen and oxygen atoms in total. The van der Waals surface area contributed by atoms with E-state index >= 15 is 0 Å². The fourth-order valence-corrected chi connectivity index (χ4v) is 4.56. The van der Waals surface area contributed by atoms with Gasteiger partial charge in [0.1, 0.15) is 5.00 Å². The third-order valence-corrected chi connectivity index (χ3v) is 5.76. The van der Waals surface area contributed by atoms with E-state index in [1.807, 2.05) is 0 Å². The molecular weight excluding hydrogens is 386 g/mol. The molecule has 0 unspecified atom stereocenters. The average molecular weight is 406 g/mol. The Hall–Kier alpha value is -2.38. The highest BCUT2D eigenvalue weighted by atomic mass is 35.5. The van der Waals surface area contributed by atoms with Crippen LogP contribution in [0.25, 0.3) is 0 Å². The summed E-state index contributed by atoms with van der Waals surface area (Å²) in [5.74, 6) is -1.12. The molecule has 0 aliphatic heterocycles. The number of hydrazine groups is 1. The summed E-state index contributed by atoms with van der Waals surface area (Å²) in [4.78, 5) is 37.6. The number of rotatable bonds is 3. The molecule has 1 aliphatic rings. The van der Waals surface area contributed by atoms with Crippen LogP contribution in [-0.2, 0) is 17.6 Å². The Morgan fingerprint density at radius 2 is 1.81 bits per heavy atom. The Kier molecular flexibility index (Phi) is 6.13. The molecule has 27 heavy (non-hydrogen) atoms. The van der Waals surface area contributed by atoms with Gasteiger partial charge in [-0.15, -0.1) is 11.3 Å². The van der Waals surface area contributed by atoms with Gasteiger partial charge in [0.15, 0.2) is 0 Å². The Bertz CT molecular complexity index is 894. The molecule has 3 amide bonds. The van der Waals surface area contributed by atoms with Crippen molar-refractivity contribution in [3.63, 3.8) is 0 Å². The highest BCUT2D eigenvalue weighted by molar-refractivity contribution is 7.17. The van der Waals surface area contributed by atoms with E-state index in [2.05, 4.69) is 16.2 Å². The number of hydrogen-bond acceptors (Lipinski definition) is 4. The predicted octanol–water partition coefficient (Wildman–Crippen LogP) is 3.70. The van der Waals surface area contributed by atoms with Crippen molar-refractivity contribution in [2.45, 2.75) is 39.0 Å². The third-order valence-electron chi connectivity index (χ3n) is 4.31. The molecule has 1 heterocycles. The van der Waals surface area contributed by atoms with Crippen LogP contribution >= 0.6 is 22.9 Å². The van der Waals surface area contributed by atoms with Gasteiger partial charge >= 0.3 is 0 Å². The molecule has 3 rings (SSSR count). The van der Waals surface area contributed by atoms with Crippen molar-refractivity contribution in [2.75, 3.05) is 5.32 Å². The Labute approximate surface area is 166 Å². The SMILES string of the molecule is CC(=O)NNC(=O)c1c(NC(=O)c2cccc(Cl)c2)sc2c1CCCCC2. The fraction of sp³-hybridized carbons (Fsp3) is 0.316. The monoisotopic (exact) mass is 405 g/mol. The van der Waals surface area contributed by atoms with E-state index in [0.717, 1.165) is 42.5 Å². The summed E-state index contributed by atoms with van der Waals surface area (Å²) in [6.45, 7) is 1.32. The molecule has 0 fully saturated rings. The molecule has 142 valence electrons. The average Bonchev–Trinajstić information content (AvgIpc) is 2.80. The Balaban J connectivity index is 1.92. The summed E-state index contributed by atoms with van der Waals surface area (Å²) < 4.78 is 0. The Morgan fingerprint density at radius 3 is 2.56 bits per heavy atom. The molecule has 1 aromatic heterocycles. The molecule has 0 saturated heterocycles. The molecule has 2 aromatic rings. The van der Waals surface area contributed by atoms with Gasteiger partial charge in [-0.3, -0.25) is 25.2 Å². The maximum Gasteiger partial charge on any atom is 0.272 e. The van der Waals surface area contributed by atoms with E-state index in [9.17, 15) is 14.4 Å². The van der Waals surface area contributed by atoms with Crippen LogP contribution in [0.2, 0.25) is 5.02 Å². The minimum Gasteiger partial charge on any atom is -0.313 e. The van der Waals surface area contributed by atoms with Crippen LogP contribution in [0, 0.1) is 0 Å². The Morgan fingerprint density at radius 1 is 1.04 bits per heavy atom. The van der Waals surface area contributed by atoms with Gasteiger partial charge < -0.3 is 5.32 Å². The second-order valence-electron chi connectivity index (χ2n) is 6.37. The van der Waals surface area contributed by atoms with Crippen LogP contribution in [0.5, 0.6) is 0 Å². The van der Waals surface area contributed by atoms with Gasteiger partial charge in [0.2, 0.25) is 5.91 Å². The standard InChI is InChI=1S/C19H20ClN3O3S/c1-11(24)22-23-18(26)16-14-8-3-2-4-9-15(14)27-19(16)21-17(25)12-6-5-7-13(20)10-12/h5-7,10H,2-4,8-9H2,1H3,(H,21,25)(H,22,24)(H,23,26). The second-order valence-corrected chi connectivity index (χ2v) is 7.91. The number of aryl methyl sites for hydroxylation is 1. The van der Waals surface area contributed by atoms with Crippen molar-refractivity contribution in [1.29, 1.82) is 0 Å². The number of thiophene rings is 1. The van der Waals surface area contributed by atoms with Crippen LogP contribution in [0.4, 0.5) is 5.00 Å². The molecule has 1 aromatic carbocycles. The molecule has 0 atom stereocenters. The zero-order chi connectivity index (χ0) is 19.4. The number of carbonyl (C=O) groups is 3. The van der Waals surface area contributed by atoms with E-state index < -0.39 is 5.91 Å². The highest BCUT2D eigenvalue weighted by Crippen LogP contribution is 2.37. The topological polar surface area (TPSA) is 87.3 Å². The normalized spacial score (nSPS) is 13.3. The van der Waals surface area contributed by atoms with Crippen LogP contribution in [0.3, 0.4) is 0 Å². The van der Waals surface area contributed by atoms with Crippen LogP contribution < -0.4 is 16.2 Å². The maximum atomic E-state index is 12.7. The first-order chi connectivity index (χ1) is 13.0. The first-order valence-corrected chi connectivity index (χ1v) is 9.93. The van der Waals surface area contributed by atoms with Gasteiger partial charge in [0.25, 0.3) is 11.8 Å². The molecule has 1 aliphatic carbocycles. The smallest absolute Gasteiger partial charge is 0.272 e. The summed E-state index contributed by atoms with van der Waals surface area (Å²) >= 11 is 7.39. The highest BCUT2D eigenvalue weighted by Gasteiger charge is 2.26. The summed E-state index contributed by atoms with van der Waals surface area (Å²) in [6.07, 6.45) is 4.82. The largest absolute Gasteiger partial charge is 0.313 e. The molecule has 0 bridgehead atoms. The number of halogens is 1. The van der Waals surface area contributed by atoms with E-state index in [4.69, 9.17) is 11.6 Å². The third kappa shape index (κ3) is 4.67. The molecule has 0 spiro atoms. The minimum atomic E-state index is -0.425. The van der Waals surface area contributed by atoms with Crippen LogP contribution in [0.15, 0.2) is 24.3 Å². The quantitative estimate of drug-likeness (QED) is 0.537. The number of hydrogen-bond donors (Lipinski definition) is 3. The van der Waals surface area contributed by atoms with E-state index in [0.29, 0.717) is 21.2 Å². The van der Waals surface area contributed by atoms with E-state index in [-0.39, 0.29) is 11.8 Å². The minimum absolute atomic E-state index is 0.331. The van der Waals surface area contributed by atoms with Crippen molar-refractivity contribution >= 4 is 45.7 Å². The van der Waals surface area contributed by atoms with Crippen molar-refractivity contribution in [2.24, 2.45) is 0 Å². The lowest BCUT2D eigenvalue weighted by Gasteiger charge is -2.10. The first-order valence-electron chi connectivity index (χ1n) is 8.74. The number of nitrogens with one attached hydrogen (secondary N) is 3. The van der Waals surface area contributed by atoms with E-state index in [1.165, 1.54) is 18.3 Å². The number of fused-ring (bicyclic) bond motifs is 1. The van der Waals surface area contributed by atoms with Crippen LogP contribution in [0.1, 0.15) is 57.3 Å². The number of carbonyl (C=O) groups excluding carboxylic acids is 3. The lowest BCUT2D eigenvalue weighted by atomic mass is 10.0. The number of amides is 3. The summed E-state index contributed by atoms with van der Waals surface area (Å²) in [6, 6.07) is 6.63. The van der Waals surface area contributed by atoms with Gasteiger partial charge in [-0.25, -0.2) is 0 Å². The van der Waals surface area contributed by atoms with E-state index in [1.54, 1.807) is 24.3 Å². The zero-order valence-corrected chi connectivity index (χ0v) is 16.4.